The van der Waals surface area contributed by atoms with Crippen molar-refractivity contribution in [1.29, 1.82) is 0 Å². The molecular weight excluding hydrogens is 246 g/mol. The van der Waals surface area contributed by atoms with Gasteiger partial charge >= 0.3 is 0 Å². The van der Waals surface area contributed by atoms with Crippen molar-refractivity contribution in [3.05, 3.63) is 70.4 Å². The fourth-order valence-electron chi connectivity index (χ4n) is 2.55. The number of aromatic nitrogens is 1. The molecule has 0 fully saturated rings. The third-order valence-corrected chi connectivity index (χ3v) is 3.72. The summed E-state index contributed by atoms with van der Waals surface area (Å²) < 4.78 is 0. The molecule has 0 amide bonds. The van der Waals surface area contributed by atoms with Gasteiger partial charge in [0.15, 0.2) is 5.78 Å². The molecule has 0 aliphatic rings. The number of fused-ring (bicyclic) bond motifs is 1. The van der Waals surface area contributed by atoms with Gasteiger partial charge in [0, 0.05) is 28.2 Å². The van der Waals surface area contributed by atoms with Crippen LogP contribution in [0.3, 0.4) is 0 Å². The van der Waals surface area contributed by atoms with Gasteiger partial charge in [0.25, 0.3) is 0 Å². The van der Waals surface area contributed by atoms with Crippen LogP contribution in [0.5, 0.6) is 0 Å². The first-order valence-electron chi connectivity index (χ1n) is 6.76. The largest absolute Gasteiger partial charge is 0.360 e. The Bertz CT molecular complexity index is 811. The molecule has 0 saturated heterocycles. The molecule has 3 rings (SSSR count). The number of carbonyl (C=O) groups excluding carboxylic acids is 1. The molecule has 0 aliphatic heterocycles. The number of ketones is 1. The maximum Gasteiger partial charge on any atom is 0.195 e. The fraction of sp³-hybridized carbons (Fsp3) is 0.167. The maximum atomic E-state index is 12.8. The van der Waals surface area contributed by atoms with E-state index in [4.69, 9.17) is 0 Å². The van der Waals surface area contributed by atoms with E-state index in [1.54, 1.807) is 0 Å². The second kappa shape index (κ2) is 4.64. The second-order valence-corrected chi connectivity index (χ2v) is 5.40. The molecule has 0 spiro atoms. The Hall–Kier alpha value is -2.35. The fourth-order valence-corrected chi connectivity index (χ4v) is 2.55. The highest BCUT2D eigenvalue weighted by Crippen LogP contribution is 2.23. The first-order valence-corrected chi connectivity index (χ1v) is 6.76. The van der Waals surface area contributed by atoms with Crippen molar-refractivity contribution < 1.29 is 4.79 Å². The minimum Gasteiger partial charge on any atom is -0.360 e. The topological polar surface area (TPSA) is 32.9 Å². The summed E-state index contributed by atoms with van der Waals surface area (Å²) in [6, 6.07) is 12.1. The van der Waals surface area contributed by atoms with Gasteiger partial charge in [-0.2, -0.15) is 0 Å². The maximum absolute atomic E-state index is 12.8. The van der Waals surface area contributed by atoms with Crippen LogP contribution in [0, 0.1) is 20.8 Å². The summed E-state index contributed by atoms with van der Waals surface area (Å²) in [6.45, 7) is 6.03. The van der Waals surface area contributed by atoms with Crippen LogP contribution >= 0.6 is 0 Å². The minimum absolute atomic E-state index is 0.0845. The van der Waals surface area contributed by atoms with Gasteiger partial charge in [-0.15, -0.1) is 0 Å². The molecule has 0 aliphatic carbocycles. The number of H-pyrrole nitrogens is 1. The zero-order valence-electron chi connectivity index (χ0n) is 11.9. The molecule has 0 radical (unpaired) electrons. The molecule has 2 aromatic carbocycles. The molecule has 2 heteroatoms. The van der Waals surface area contributed by atoms with E-state index in [2.05, 4.69) is 11.1 Å². The van der Waals surface area contributed by atoms with Crippen molar-refractivity contribution in [2.45, 2.75) is 20.8 Å². The van der Waals surface area contributed by atoms with Crippen molar-refractivity contribution in [2.75, 3.05) is 0 Å². The molecule has 0 unspecified atom stereocenters. The number of nitrogens with one attached hydrogen (secondary N) is 1. The Kier molecular flexibility index (Phi) is 2.94. The molecule has 0 atom stereocenters. The van der Waals surface area contributed by atoms with Crippen LogP contribution in [-0.2, 0) is 0 Å². The number of hydrogen-bond donors (Lipinski definition) is 1. The summed E-state index contributed by atoms with van der Waals surface area (Å²) in [7, 11) is 0. The van der Waals surface area contributed by atoms with E-state index in [1.807, 2.05) is 57.3 Å². The van der Waals surface area contributed by atoms with E-state index in [9.17, 15) is 4.79 Å². The van der Waals surface area contributed by atoms with Gasteiger partial charge in [0.1, 0.15) is 0 Å². The Morgan fingerprint density at radius 3 is 2.40 bits per heavy atom. The highest BCUT2D eigenvalue weighted by Gasteiger charge is 2.16. The molecule has 3 aromatic rings. The number of aromatic amines is 1. The van der Waals surface area contributed by atoms with Crippen LogP contribution in [0.15, 0.2) is 42.6 Å². The number of hydrogen-bond acceptors (Lipinski definition) is 1. The van der Waals surface area contributed by atoms with Crippen molar-refractivity contribution in [2.24, 2.45) is 0 Å². The molecular formula is C18H17NO. The lowest BCUT2D eigenvalue weighted by Gasteiger charge is -2.05. The SMILES string of the molecule is Cc1ccc(C)c(C(=O)c2c[nH]c3cc(C)ccc23)c1. The minimum atomic E-state index is 0.0845. The zero-order chi connectivity index (χ0) is 14.3. The first kappa shape index (κ1) is 12.7. The molecule has 100 valence electrons. The second-order valence-electron chi connectivity index (χ2n) is 5.40. The van der Waals surface area contributed by atoms with Gasteiger partial charge in [0.05, 0.1) is 0 Å². The Balaban J connectivity index is 2.15. The van der Waals surface area contributed by atoms with Crippen LogP contribution in [0.1, 0.15) is 32.6 Å². The molecule has 1 heterocycles. The van der Waals surface area contributed by atoms with Crippen molar-refractivity contribution in [3.8, 4) is 0 Å². The van der Waals surface area contributed by atoms with Gasteiger partial charge < -0.3 is 4.98 Å². The Morgan fingerprint density at radius 1 is 0.900 bits per heavy atom. The number of benzene rings is 2. The lowest BCUT2D eigenvalue weighted by molar-refractivity contribution is 0.103. The van der Waals surface area contributed by atoms with Gasteiger partial charge in [-0.25, -0.2) is 0 Å². The monoisotopic (exact) mass is 263 g/mol. The van der Waals surface area contributed by atoms with Crippen molar-refractivity contribution in [1.82, 2.24) is 4.98 Å². The summed E-state index contributed by atoms with van der Waals surface area (Å²) in [6.07, 6.45) is 1.81. The van der Waals surface area contributed by atoms with Gasteiger partial charge in [-0.05, 0) is 44.0 Å². The van der Waals surface area contributed by atoms with Crippen molar-refractivity contribution in [3.63, 3.8) is 0 Å². The predicted molar refractivity (Wildman–Crippen MR) is 82.4 cm³/mol. The molecule has 1 N–H and O–H groups in total. The third kappa shape index (κ3) is 2.03. The molecule has 0 saturated carbocycles. The molecule has 2 nitrogen and oxygen atoms in total. The van der Waals surface area contributed by atoms with Gasteiger partial charge in [-0.3, -0.25) is 4.79 Å². The lowest BCUT2D eigenvalue weighted by Crippen LogP contribution is -2.03. The van der Waals surface area contributed by atoms with Gasteiger partial charge in [0.2, 0.25) is 0 Å². The number of aryl methyl sites for hydroxylation is 3. The van der Waals surface area contributed by atoms with E-state index < -0.39 is 0 Å². The summed E-state index contributed by atoms with van der Waals surface area (Å²) in [5.41, 5.74) is 5.85. The van der Waals surface area contributed by atoms with E-state index >= 15 is 0 Å². The highest BCUT2D eigenvalue weighted by molar-refractivity contribution is 6.17. The normalized spacial score (nSPS) is 10.9. The number of rotatable bonds is 2. The standard InChI is InChI=1S/C18H17NO/c1-11-4-6-13(3)15(8-11)18(20)16-10-19-17-9-12(2)5-7-14(16)17/h4-10,19H,1-3H3. The average molecular weight is 263 g/mol. The van der Waals surface area contributed by atoms with E-state index in [0.717, 1.165) is 33.2 Å². The summed E-state index contributed by atoms with van der Waals surface area (Å²) in [5.74, 6) is 0.0845. The van der Waals surface area contributed by atoms with Crippen LogP contribution in [0.25, 0.3) is 10.9 Å². The smallest absolute Gasteiger partial charge is 0.195 e. The van der Waals surface area contributed by atoms with Crippen LogP contribution < -0.4 is 0 Å². The third-order valence-electron chi connectivity index (χ3n) is 3.72. The Morgan fingerprint density at radius 2 is 1.60 bits per heavy atom. The summed E-state index contributed by atoms with van der Waals surface area (Å²) >= 11 is 0. The average Bonchev–Trinajstić information content (AvgIpc) is 2.83. The van der Waals surface area contributed by atoms with Gasteiger partial charge in [-0.1, -0.05) is 29.8 Å². The predicted octanol–water partition coefficient (Wildman–Crippen LogP) is 4.32. The lowest BCUT2D eigenvalue weighted by atomic mass is 9.97. The Labute approximate surface area is 118 Å². The van der Waals surface area contributed by atoms with Crippen molar-refractivity contribution >= 4 is 16.7 Å². The highest BCUT2D eigenvalue weighted by atomic mass is 16.1. The quantitative estimate of drug-likeness (QED) is 0.686. The molecule has 1 aromatic heterocycles. The van der Waals surface area contributed by atoms with Crippen LogP contribution in [-0.4, -0.2) is 10.8 Å². The van der Waals surface area contributed by atoms with Crippen LogP contribution in [0.4, 0.5) is 0 Å². The van der Waals surface area contributed by atoms with Crippen LogP contribution in [0.2, 0.25) is 0 Å². The van der Waals surface area contributed by atoms with E-state index in [0.29, 0.717) is 0 Å². The molecule has 20 heavy (non-hydrogen) atoms. The first-order chi connectivity index (χ1) is 9.56. The van der Waals surface area contributed by atoms with E-state index in [-0.39, 0.29) is 5.78 Å². The summed E-state index contributed by atoms with van der Waals surface area (Å²) in [4.78, 5) is 16.0. The zero-order valence-corrected chi connectivity index (χ0v) is 11.9. The van der Waals surface area contributed by atoms with E-state index in [1.165, 1.54) is 5.56 Å². The summed E-state index contributed by atoms with van der Waals surface area (Å²) in [5, 5.41) is 0.988. The molecule has 0 bridgehead atoms. The number of carbonyl (C=O) groups is 1.